The van der Waals surface area contributed by atoms with Crippen molar-refractivity contribution in [3.05, 3.63) is 0 Å². The lowest BCUT2D eigenvalue weighted by Gasteiger charge is -2.45. The van der Waals surface area contributed by atoms with Gasteiger partial charge in [0.15, 0.2) is 0 Å². The molecule has 1 saturated heterocycles. The molecule has 1 N–H and O–H groups in total. The van der Waals surface area contributed by atoms with E-state index in [4.69, 9.17) is 0 Å². The number of hydrogen-bond donors (Lipinski definition) is 1. The van der Waals surface area contributed by atoms with Gasteiger partial charge in [0.05, 0.1) is 0 Å². The van der Waals surface area contributed by atoms with Crippen molar-refractivity contribution in [1.29, 1.82) is 0 Å². The van der Waals surface area contributed by atoms with Crippen LogP contribution in [0.3, 0.4) is 0 Å². The van der Waals surface area contributed by atoms with Crippen LogP contribution in [0, 0.1) is 17.3 Å². The average Bonchev–Trinajstić information content (AvgIpc) is 2.79. The Bertz CT molecular complexity index is 292. The van der Waals surface area contributed by atoms with Crippen molar-refractivity contribution in [2.45, 2.75) is 78.8 Å². The predicted octanol–water partition coefficient (Wildman–Crippen LogP) is 3.91. The minimum Gasteiger partial charge on any atom is -0.313 e. The van der Waals surface area contributed by atoms with Gasteiger partial charge in [-0.1, -0.05) is 34.6 Å². The van der Waals surface area contributed by atoms with Crippen molar-refractivity contribution in [2.75, 3.05) is 19.6 Å². The van der Waals surface area contributed by atoms with Crippen molar-refractivity contribution in [3.8, 4) is 0 Å². The molecule has 0 aromatic heterocycles. The van der Waals surface area contributed by atoms with E-state index in [1.54, 1.807) is 0 Å². The highest BCUT2D eigenvalue weighted by atomic mass is 15.2. The van der Waals surface area contributed by atoms with Crippen molar-refractivity contribution >= 4 is 0 Å². The first-order chi connectivity index (χ1) is 9.37. The maximum absolute atomic E-state index is 3.69. The monoisotopic (exact) mass is 280 g/mol. The topological polar surface area (TPSA) is 15.3 Å². The van der Waals surface area contributed by atoms with Gasteiger partial charge in [-0.15, -0.1) is 0 Å². The molecule has 0 radical (unpaired) electrons. The minimum absolute atomic E-state index is 0.561. The lowest BCUT2D eigenvalue weighted by Crippen LogP contribution is -2.50. The van der Waals surface area contributed by atoms with Crippen LogP contribution < -0.4 is 5.32 Å². The van der Waals surface area contributed by atoms with Crippen LogP contribution in [-0.2, 0) is 0 Å². The fourth-order valence-electron chi connectivity index (χ4n) is 4.49. The predicted molar refractivity (Wildman–Crippen MR) is 88.0 cm³/mol. The molecule has 1 aliphatic carbocycles. The summed E-state index contributed by atoms with van der Waals surface area (Å²) in [5.41, 5.74) is 0.561. The Morgan fingerprint density at radius 3 is 2.55 bits per heavy atom. The van der Waals surface area contributed by atoms with Gasteiger partial charge in [-0.05, 0) is 55.9 Å². The first-order valence-electron chi connectivity index (χ1n) is 8.85. The summed E-state index contributed by atoms with van der Waals surface area (Å²) in [6, 6.07) is 1.56. The smallest absolute Gasteiger partial charge is 0.0195 e. The Morgan fingerprint density at radius 2 is 2.00 bits per heavy atom. The third-order valence-electron chi connectivity index (χ3n) is 5.33. The average molecular weight is 280 g/mol. The first kappa shape index (κ1) is 16.3. The zero-order chi connectivity index (χ0) is 14.8. The number of hydrogen-bond acceptors (Lipinski definition) is 2. The lowest BCUT2D eigenvalue weighted by atomic mass is 9.70. The Morgan fingerprint density at radius 1 is 1.25 bits per heavy atom. The van der Waals surface area contributed by atoms with Crippen molar-refractivity contribution in [1.82, 2.24) is 10.2 Å². The van der Waals surface area contributed by atoms with Gasteiger partial charge in [0, 0.05) is 25.2 Å². The molecule has 3 atom stereocenters. The normalized spacial score (nSPS) is 34.0. The molecule has 1 aliphatic heterocycles. The summed E-state index contributed by atoms with van der Waals surface area (Å²) >= 11 is 0. The minimum atomic E-state index is 0.561. The molecule has 2 rings (SSSR count). The third kappa shape index (κ3) is 4.46. The molecule has 1 heterocycles. The Balaban J connectivity index is 1.98. The molecule has 2 fully saturated rings. The van der Waals surface area contributed by atoms with E-state index in [9.17, 15) is 0 Å². The second kappa shape index (κ2) is 6.79. The fourth-order valence-corrected chi connectivity index (χ4v) is 4.49. The van der Waals surface area contributed by atoms with E-state index in [1.165, 1.54) is 51.7 Å². The van der Waals surface area contributed by atoms with Crippen LogP contribution in [0.15, 0.2) is 0 Å². The van der Waals surface area contributed by atoms with Gasteiger partial charge >= 0.3 is 0 Å². The number of nitrogens with one attached hydrogen (secondary N) is 1. The van der Waals surface area contributed by atoms with Gasteiger partial charge in [-0.3, -0.25) is 4.90 Å². The van der Waals surface area contributed by atoms with E-state index in [0.717, 1.165) is 23.9 Å². The lowest BCUT2D eigenvalue weighted by molar-refractivity contribution is 0.0477. The molecule has 2 aliphatic rings. The number of nitrogens with zero attached hydrogens (tertiary/aromatic N) is 1. The number of rotatable bonds is 5. The molecule has 0 aromatic carbocycles. The zero-order valence-electron chi connectivity index (χ0n) is 14.4. The molecule has 2 heteroatoms. The summed E-state index contributed by atoms with van der Waals surface area (Å²) in [7, 11) is 0. The van der Waals surface area contributed by atoms with Gasteiger partial charge in [0.1, 0.15) is 0 Å². The second-order valence-electron chi connectivity index (χ2n) is 8.59. The molecular formula is C18H36N2. The van der Waals surface area contributed by atoms with Crippen molar-refractivity contribution in [3.63, 3.8) is 0 Å². The van der Waals surface area contributed by atoms with E-state index in [1.807, 2.05) is 0 Å². The van der Waals surface area contributed by atoms with Crippen LogP contribution in [0.4, 0.5) is 0 Å². The van der Waals surface area contributed by atoms with Crippen LogP contribution in [-0.4, -0.2) is 36.6 Å². The van der Waals surface area contributed by atoms with Gasteiger partial charge in [-0.2, -0.15) is 0 Å². The second-order valence-corrected chi connectivity index (χ2v) is 8.59. The zero-order valence-corrected chi connectivity index (χ0v) is 14.4. The molecule has 0 spiro atoms. The van der Waals surface area contributed by atoms with E-state index in [0.29, 0.717) is 5.41 Å². The summed E-state index contributed by atoms with van der Waals surface area (Å²) in [6.07, 6.45) is 6.93. The maximum Gasteiger partial charge on any atom is 0.0195 e. The van der Waals surface area contributed by atoms with Crippen LogP contribution in [0.5, 0.6) is 0 Å². The first-order valence-corrected chi connectivity index (χ1v) is 8.85. The quantitative estimate of drug-likeness (QED) is 0.821. The summed E-state index contributed by atoms with van der Waals surface area (Å²) in [5, 5.41) is 3.69. The van der Waals surface area contributed by atoms with Gasteiger partial charge in [0.25, 0.3) is 0 Å². The highest BCUT2D eigenvalue weighted by Crippen LogP contribution is 2.40. The maximum atomic E-state index is 3.69. The molecule has 0 bridgehead atoms. The van der Waals surface area contributed by atoms with Crippen molar-refractivity contribution in [2.24, 2.45) is 17.3 Å². The Hall–Kier alpha value is -0.0800. The third-order valence-corrected chi connectivity index (χ3v) is 5.33. The van der Waals surface area contributed by atoms with Gasteiger partial charge in [0.2, 0.25) is 0 Å². The SMILES string of the molecule is CC(C)CN(CC1CCCN1)C1CCC(C)(C)CC1C. The van der Waals surface area contributed by atoms with Crippen molar-refractivity contribution < 1.29 is 0 Å². The van der Waals surface area contributed by atoms with Crippen LogP contribution in [0.2, 0.25) is 0 Å². The Labute approximate surface area is 126 Å². The van der Waals surface area contributed by atoms with Crippen LogP contribution in [0.25, 0.3) is 0 Å². The fraction of sp³-hybridized carbons (Fsp3) is 1.00. The molecule has 3 unspecified atom stereocenters. The largest absolute Gasteiger partial charge is 0.313 e. The van der Waals surface area contributed by atoms with E-state index in [2.05, 4.69) is 44.8 Å². The van der Waals surface area contributed by atoms with E-state index >= 15 is 0 Å². The summed E-state index contributed by atoms with van der Waals surface area (Å²) in [4.78, 5) is 2.83. The molecular weight excluding hydrogens is 244 g/mol. The Kier molecular flexibility index (Phi) is 5.53. The highest BCUT2D eigenvalue weighted by molar-refractivity contribution is 4.90. The molecule has 1 saturated carbocycles. The summed E-state index contributed by atoms with van der Waals surface area (Å²) in [6.45, 7) is 15.9. The summed E-state index contributed by atoms with van der Waals surface area (Å²) < 4.78 is 0. The van der Waals surface area contributed by atoms with E-state index in [-0.39, 0.29) is 0 Å². The summed E-state index contributed by atoms with van der Waals surface area (Å²) in [5.74, 6) is 1.62. The highest BCUT2D eigenvalue weighted by Gasteiger charge is 2.36. The molecule has 0 aromatic rings. The molecule has 2 nitrogen and oxygen atoms in total. The molecule has 20 heavy (non-hydrogen) atoms. The van der Waals surface area contributed by atoms with Gasteiger partial charge in [-0.25, -0.2) is 0 Å². The van der Waals surface area contributed by atoms with Gasteiger partial charge < -0.3 is 5.32 Å². The van der Waals surface area contributed by atoms with E-state index < -0.39 is 0 Å². The van der Waals surface area contributed by atoms with Crippen LogP contribution in [0.1, 0.15) is 66.7 Å². The molecule has 118 valence electrons. The standard InChI is InChI=1S/C18H36N2/c1-14(2)12-20(13-16-7-6-10-19-16)17-8-9-18(4,5)11-15(17)3/h14-17,19H,6-13H2,1-5H3. The van der Waals surface area contributed by atoms with Crippen LogP contribution >= 0.6 is 0 Å². The molecule has 0 amide bonds.